The van der Waals surface area contributed by atoms with Gasteiger partial charge in [-0.25, -0.2) is 4.57 Å². The van der Waals surface area contributed by atoms with Gasteiger partial charge in [-0.1, -0.05) is 77.3 Å². The average Bonchev–Trinajstić information content (AvgIpc) is 2.87. The first kappa shape index (κ1) is 32.8. The zero-order valence-corrected chi connectivity index (χ0v) is 23.8. The summed E-state index contributed by atoms with van der Waals surface area (Å²) in [5.74, 6) is 0.863. The zero-order chi connectivity index (χ0) is 26.5. The van der Waals surface area contributed by atoms with Crippen LogP contribution in [0, 0.1) is 5.92 Å². The van der Waals surface area contributed by atoms with E-state index in [2.05, 4.69) is 6.92 Å². The third kappa shape index (κ3) is 17.3. The van der Waals surface area contributed by atoms with Crippen LogP contribution in [0.15, 0.2) is 24.3 Å². The Hall–Kier alpha value is -1.24. The van der Waals surface area contributed by atoms with Crippen molar-refractivity contribution >= 4 is 13.6 Å². The third-order valence-electron chi connectivity index (χ3n) is 6.33. The molecule has 0 spiro atoms. The molecule has 0 aromatic heterocycles. The first-order valence-electron chi connectivity index (χ1n) is 14.0. The van der Waals surface area contributed by atoms with Gasteiger partial charge in [0.2, 0.25) is 0 Å². The number of phosphoric ester groups is 1. The molecule has 7 nitrogen and oxygen atoms in total. The standard InChI is InChI=1S/C28H50NO6P/c1-4-6-7-8-9-10-11-12-13-21-33-28-18-16-25(17-19-28)14-15-26(23-27(30)5-2)24-35-36(31,32)34-22-20-29-3/h16-19,26,29H,4-15,20-24H2,1-3H3,(H,31,32)/p+1. The van der Waals surface area contributed by atoms with Gasteiger partial charge < -0.3 is 14.9 Å². The van der Waals surface area contributed by atoms with Crippen LogP contribution >= 0.6 is 7.82 Å². The minimum absolute atomic E-state index is 0.0231. The number of rotatable bonds is 24. The molecule has 36 heavy (non-hydrogen) atoms. The van der Waals surface area contributed by atoms with Crippen molar-refractivity contribution in [2.45, 2.75) is 97.3 Å². The van der Waals surface area contributed by atoms with E-state index in [0.717, 1.165) is 30.8 Å². The Morgan fingerprint density at radius 2 is 1.58 bits per heavy atom. The molecule has 0 fully saturated rings. The molecule has 1 aromatic rings. The average molecular weight is 529 g/mol. The molecule has 8 heteroatoms. The number of nitrogens with two attached hydrogens (primary N) is 1. The maximum Gasteiger partial charge on any atom is 0.472 e. The number of carbonyl (C=O) groups excluding carboxylic acids is 1. The maximum atomic E-state index is 12.1. The van der Waals surface area contributed by atoms with E-state index >= 15 is 0 Å². The number of carbonyl (C=O) groups is 1. The Kier molecular flexibility index (Phi) is 18.9. The summed E-state index contributed by atoms with van der Waals surface area (Å²) in [5, 5.41) is 1.86. The maximum absolute atomic E-state index is 12.1. The number of phosphoric acid groups is 1. The molecule has 0 heterocycles. The smallest absolute Gasteiger partial charge is 0.472 e. The molecule has 2 atom stereocenters. The molecule has 0 saturated carbocycles. The van der Waals surface area contributed by atoms with Gasteiger partial charge in [0, 0.05) is 12.8 Å². The Bertz CT molecular complexity index is 727. The second-order valence-electron chi connectivity index (χ2n) is 9.62. The number of likely N-dealkylation sites (N-methyl/N-ethyl adjacent to an activating group) is 1. The number of Topliss-reactive ketones (excluding diaryl/α,β-unsaturated/α-hetero) is 1. The summed E-state index contributed by atoms with van der Waals surface area (Å²) in [5.41, 5.74) is 1.14. The Labute approximate surface area is 219 Å². The molecule has 208 valence electrons. The van der Waals surface area contributed by atoms with E-state index in [9.17, 15) is 14.3 Å². The van der Waals surface area contributed by atoms with E-state index in [4.69, 9.17) is 13.8 Å². The van der Waals surface area contributed by atoms with Gasteiger partial charge in [0.25, 0.3) is 0 Å². The highest BCUT2D eigenvalue weighted by Gasteiger charge is 2.24. The van der Waals surface area contributed by atoms with Gasteiger partial charge in [0.1, 0.15) is 18.1 Å². The minimum Gasteiger partial charge on any atom is -0.494 e. The molecule has 0 saturated heterocycles. The molecule has 0 aliphatic rings. The van der Waals surface area contributed by atoms with Crippen molar-refractivity contribution in [1.29, 1.82) is 0 Å². The summed E-state index contributed by atoms with van der Waals surface area (Å²) < 4.78 is 28.1. The quantitative estimate of drug-likeness (QED) is 0.129. The predicted molar refractivity (Wildman–Crippen MR) is 145 cm³/mol. The van der Waals surface area contributed by atoms with Gasteiger partial charge in [-0.2, -0.15) is 0 Å². The van der Waals surface area contributed by atoms with Crippen LogP contribution in [0.25, 0.3) is 0 Å². The molecule has 0 aliphatic heterocycles. The SMILES string of the molecule is CCCCCCCCCCCOc1ccc(CCC(COP(=O)(O)OCC[NH2+]C)CC(=O)CC)cc1. The van der Waals surface area contributed by atoms with Crippen molar-refractivity contribution in [3.05, 3.63) is 29.8 Å². The number of quaternary nitrogens is 1. The van der Waals surface area contributed by atoms with Gasteiger partial charge in [-0.05, 0) is 42.9 Å². The molecule has 2 unspecified atom stereocenters. The van der Waals surface area contributed by atoms with Crippen LogP contribution in [0.5, 0.6) is 5.75 Å². The molecule has 0 radical (unpaired) electrons. The summed E-state index contributed by atoms with van der Waals surface area (Å²) in [6.07, 6.45) is 13.9. The number of ether oxygens (including phenoxy) is 1. The van der Waals surface area contributed by atoms with E-state index in [1.54, 1.807) is 0 Å². The topological polar surface area (TPSA) is 98.7 Å². The van der Waals surface area contributed by atoms with Crippen LogP contribution in [-0.2, 0) is 24.8 Å². The number of hydrogen-bond donors (Lipinski definition) is 2. The highest BCUT2D eigenvalue weighted by Crippen LogP contribution is 2.43. The molecule has 1 aromatic carbocycles. The van der Waals surface area contributed by atoms with Crippen molar-refractivity contribution in [2.75, 3.05) is 33.4 Å². The second kappa shape index (κ2) is 20.8. The second-order valence-corrected chi connectivity index (χ2v) is 11.1. The molecule has 0 aliphatic carbocycles. The number of unbranched alkanes of at least 4 members (excludes halogenated alkanes) is 8. The lowest BCUT2D eigenvalue weighted by molar-refractivity contribution is -0.627. The molecular formula is C28H51NO6P+. The summed E-state index contributed by atoms with van der Waals surface area (Å²) in [7, 11) is -2.25. The van der Waals surface area contributed by atoms with E-state index < -0.39 is 7.82 Å². The summed E-state index contributed by atoms with van der Waals surface area (Å²) in [6, 6.07) is 8.08. The fraction of sp³-hybridized carbons (Fsp3) is 0.750. The summed E-state index contributed by atoms with van der Waals surface area (Å²) >= 11 is 0. The fourth-order valence-electron chi connectivity index (χ4n) is 3.96. The van der Waals surface area contributed by atoms with Crippen LogP contribution in [0.2, 0.25) is 0 Å². The van der Waals surface area contributed by atoms with Crippen molar-refractivity contribution in [3.63, 3.8) is 0 Å². The Morgan fingerprint density at radius 1 is 0.944 bits per heavy atom. The molecule has 0 bridgehead atoms. The van der Waals surface area contributed by atoms with Crippen LogP contribution in [0.1, 0.15) is 96.5 Å². The van der Waals surface area contributed by atoms with Crippen molar-refractivity contribution in [2.24, 2.45) is 5.92 Å². The van der Waals surface area contributed by atoms with Crippen LogP contribution in [-0.4, -0.2) is 44.1 Å². The van der Waals surface area contributed by atoms with Gasteiger partial charge in [0.05, 0.1) is 26.8 Å². The first-order chi connectivity index (χ1) is 17.4. The zero-order valence-electron chi connectivity index (χ0n) is 22.9. The van der Waals surface area contributed by atoms with Gasteiger partial charge in [-0.3, -0.25) is 13.8 Å². The lowest BCUT2D eigenvalue weighted by Gasteiger charge is -2.18. The fourth-order valence-corrected chi connectivity index (χ4v) is 4.77. The van der Waals surface area contributed by atoms with Crippen LogP contribution in [0.4, 0.5) is 0 Å². The lowest BCUT2D eigenvalue weighted by Crippen LogP contribution is -2.80. The number of ketones is 1. The van der Waals surface area contributed by atoms with Crippen LogP contribution < -0.4 is 10.1 Å². The lowest BCUT2D eigenvalue weighted by atomic mass is 9.94. The predicted octanol–water partition coefficient (Wildman–Crippen LogP) is 5.84. The van der Waals surface area contributed by atoms with Gasteiger partial charge >= 0.3 is 7.82 Å². The number of aryl methyl sites for hydroxylation is 1. The van der Waals surface area contributed by atoms with Gasteiger partial charge in [-0.15, -0.1) is 0 Å². The normalized spacial score (nSPS) is 13.9. The number of hydrogen-bond acceptors (Lipinski definition) is 5. The molecule has 1 rings (SSSR count). The van der Waals surface area contributed by atoms with E-state index in [1.807, 2.05) is 43.6 Å². The van der Waals surface area contributed by atoms with E-state index in [-0.39, 0.29) is 24.9 Å². The molecule has 0 amide bonds. The summed E-state index contributed by atoms with van der Waals surface area (Å²) in [6.45, 7) is 5.56. The van der Waals surface area contributed by atoms with Crippen molar-refractivity contribution in [3.8, 4) is 5.75 Å². The molecular weight excluding hydrogens is 477 g/mol. The Morgan fingerprint density at radius 3 is 2.19 bits per heavy atom. The molecule has 3 N–H and O–H groups in total. The number of benzene rings is 1. The van der Waals surface area contributed by atoms with Crippen molar-refractivity contribution < 1.29 is 33.4 Å². The highest BCUT2D eigenvalue weighted by atomic mass is 31.2. The van der Waals surface area contributed by atoms with Crippen molar-refractivity contribution in [1.82, 2.24) is 0 Å². The van der Waals surface area contributed by atoms with Gasteiger partial charge in [0.15, 0.2) is 0 Å². The summed E-state index contributed by atoms with van der Waals surface area (Å²) in [4.78, 5) is 21.9. The van der Waals surface area contributed by atoms with E-state index in [1.165, 1.54) is 51.4 Å². The van der Waals surface area contributed by atoms with E-state index in [0.29, 0.717) is 25.8 Å². The highest BCUT2D eigenvalue weighted by molar-refractivity contribution is 7.47. The minimum atomic E-state index is -4.10. The third-order valence-corrected chi connectivity index (χ3v) is 7.31. The monoisotopic (exact) mass is 528 g/mol. The largest absolute Gasteiger partial charge is 0.494 e. The first-order valence-corrected chi connectivity index (χ1v) is 15.5. The Balaban J connectivity index is 2.34. The van der Waals surface area contributed by atoms with Crippen LogP contribution in [0.3, 0.4) is 0 Å².